The van der Waals surface area contributed by atoms with E-state index in [1.807, 2.05) is 0 Å². The largest absolute Gasteiger partial charge is 0.510 e. The Balaban J connectivity index is 3.21. The first-order valence-electron chi connectivity index (χ1n) is 7.03. The van der Waals surface area contributed by atoms with Gasteiger partial charge in [-0.1, -0.05) is 41.5 Å². The van der Waals surface area contributed by atoms with Crippen molar-refractivity contribution in [1.29, 1.82) is 0 Å². The highest BCUT2D eigenvalue weighted by Crippen LogP contribution is 2.45. The Labute approximate surface area is 112 Å². The van der Waals surface area contributed by atoms with E-state index >= 15 is 0 Å². The van der Waals surface area contributed by atoms with Crippen LogP contribution in [-0.2, 0) is 0 Å². The van der Waals surface area contributed by atoms with Gasteiger partial charge in [0, 0.05) is 17.5 Å². The second kappa shape index (κ2) is 5.07. The van der Waals surface area contributed by atoms with Crippen LogP contribution in [0, 0.1) is 16.7 Å². The van der Waals surface area contributed by atoms with Gasteiger partial charge in [0.1, 0.15) is 5.76 Å². The summed E-state index contributed by atoms with van der Waals surface area (Å²) in [7, 11) is 0. The number of aliphatic imine (C=N–C) groups is 1. The van der Waals surface area contributed by atoms with Gasteiger partial charge in [0.15, 0.2) is 0 Å². The van der Waals surface area contributed by atoms with Gasteiger partial charge >= 0.3 is 0 Å². The topological polar surface area (TPSA) is 32.6 Å². The third kappa shape index (κ3) is 3.60. The predicted octanol–water partition coefficient (Wildman–Crippen LogP) is 5.11. The minimum atomic E-state index is -0.0337. The Morgan fingerprint density at radius 3 is 2.22 bits per heavy atom. The summed E-state index contributed by atoms with van der Waals surface area (Å²) in [4.78, 5) is 4.74. The van der Waals surface area contributed by atoms with Crippen molar-refractivity contribution in [1.82, 2.24) is 0 Å². The molecule has 1 rings (SSSR count). The molecule has 18 heavy (non-hydrogen) atoms. The van der Waals surface area contributed by atoms with Crippen molar-refractivity contribution in [2.24, 2.45) is 21.7 Å². The fourth-order valence-corrected chi connectivity index (χ4v) is 2.31. The molecule has 104 valence electrons. The van der Waals surface area contributed by atoms with Gasteiger partial charge in [0.05, 0.1) is 5.70 Å². The molecule has 2 heteroatoms. The molecule has 1 aliphatic carbocycles. The zero-order chi connectivity index (χ0) is 14.1. The Morgan fingerprint density at radius 2 is 1.72 bits per heavy atom. The van der Waals surface area contributed by atoms with Crippen molar-refractivity contribution >= 4 is 5.71 Å². The molecule has 1 aliphatic rings. The third-order valence-electron chi connectivity index (χ3n) is 4.11. The van der Waals surface area contributed by atoms with Gasteiger partial charge in [-0.15, -0.1) is 0 Å². The van der Waals surface area contributed by atoms with Gasteiger partial charge in [-0.3, -0.25) is 4.99 Å². The van der Waals surface area contributed by atoms with Crippen LogP contribution in [0.3, 0.4) is 0 Å². The molecule has 0 aromatic heterocycles. The van der Waals surface area contributed by atoms with Crippen LogP contribution < -0.4 is 0 Å². The lowest BCUT2D eigenvalue weighted by molar-refractivity contribution is 0.261. The minimum Gasteiger partial charge on any atom is -0.510 e. The SMILES string of the molecule is C/C(=N\C1=C(O)CC(C)(C)CCC1(C)C)C(C)C. The van der Waals surface area contributed by atoms with Crippen LogP contribution in [0.15, 0.2) is 16.4 Å². The maximum atomic E-state index is 10.4. The van der Waals surface area contributed by atoms with Crippen molar-refractivity contribution in [3.05, 3.63) is 11.5 Å². The van der Waals surface area contributed by atoms with E-state index in [2.05, 4.69) is 48.5 Å². The Morgan fingerprint density at radius 1 is 1.17 bits per heavy atom. The predicted molar refractivity (Wildman–Crippen MR) is 79.0 cm³/mol. The zero-order valence-corrected chi connectivity index (χ0v) is 13.1. The molecule has 0 aromatic carbocycles. The monoisotopic (exact) mass is 251 g/mol. The first-order chi connectivity index (χ1) is 8.05. The lowest BCUT2D eigenvalue weighted by Crippen LogP contribution is -2.17. The second-order valence-electron chi connectivity index (χ2n) is 7.43. The number of hydrogen-bond acceptors (Lipinski definition) is 2. The highest BCUT2D eigenvalue weighted by molar-refractivity contribution is 5.84. The van der Waals surface area contributed by atoms with Gasteiger partial charge in [-0.2, -0.15) is 0 Å². The normalized spacial score (nSPS) is 24.3. The maximum absolute atomic E-state index is 10.4. The van der Waals surface area contributed by atoms with Crippen molar-refractivity contribution in [2.75, 3.05) is 0 Å². The fourth-order valence-electron chi connectivity index (χ4n) is 2.31. The highest BCUT2D eigenvalue weighted by Gasteiger charge is 2.35. The molecule has 0 amide bonds. The van der Waals surface area contributed by atoms with E-state index < -0.39 is 0 Å². The molecule has 0 fully saturated rings. The van der Waals surface area contributed by atoms with Gasteiger partial charge in [-0.05, 0) is 31.1 Å². The van der Waals surface area contributed by atoms with Gasteiger partial charge < -0.3 is 5.11 Å². The molecule has 0 saturated heterocycles. The molecule has 0 saturated carbocycles. The Kier molecular flexibility index (Phi) is 4.30. The molecule has 0 heterocycles. The minimum absolute atomic E-state index is 0.0337. The van der Waals surface area contributed by atoms with E-state index in [9.17, 15) is 5.11 Å². The average Bonchev–Trinajstić information content (AvgIpc) is 2.27. The molecule has 0 atom stereocenters. The summed E-state index contributed by atoms with van der Waals surface area (Å²) in [6.45, 7) is 15.2. The van der Waals surface area contributed by atoms with Crippen molar-refractivity contribution in [3.63, 3.8) is 0 Å². The van der Waals surface area contributed by atoms with Crippen LogP contribution in [0.4, 0.5) is 0 Å². The van der Waals surface area contributed by atoms with Crippen LogP contribution in [0.1, 0.15) is 67.7 Å². The number of aliphatic hydroxyl groups is 1. The number of hydrogen-bond donors (Lipinski definition) is 1. The molecule has 0 radical (unpaired) electrons. The van der Waals surface area contributed by atoms with E-state index in [-0.39, 0.29) is 10.8 Å². The molecular weight excluding hydrogens is 222 g/mol. The van der Waals surface area contributed by atoms with Gasteiger partial charge in [0.25, 0.3) is 0 Å². The van der Waals surface area contributed by atoms with Crippen molar-refractivity contribution in [2.45, 2.75) is 67.7 Å². The molecule has 0 aromatic rings. The quantitative estimate of drug-likeness (QED) is 0.680. The summed E-state index contributed by atoms with van der Waals surface area (Å²) < 4.78 is 0. The number of nitrogens with zero attached hydrogens (tertiary/aromatic N) is 1. The van der Waals surface area contributed by atoms with Crippen molar-refractivity contribution < 1.29 is 5.11 Å². The third-order valence-corrected chi connectivity index (χ3v) is 4.11. The first kappa shape index (κ1) is 15.3. The van der Waals surface area contributed by atoms with Crippen molar-refractivity contribution in [3.8, 4) is 0 Å². The van der Waals surface area contributed by atoms with E-state index in [0.717, 1.165) is 30.7 Å². The molecule has 0 bridgehead atoms. The number of aliphatic hydroxyl groups excluding tert-OH is 1. The van der Waals surface area contributed by atoms with E-state index in [1.165, 1.54) is 0 Å². The first-order valence-corrected chi connectivity index (χ1v) is 7.03. The summed E-state index contributed by atoms with van der Waals surface area (Å²) in [5.74, 6) is 0.917. The van der Waals surface area contributed by atoms with E-state index in [4.69, 9.17) is 4.99 Å². The fraction of sp³-hybridized carbons (Fsp3) is 0.812. The molecular formula is C16H29NO. The van der Waals surface area contributed by atoms with Crippen LogP contribution in [-0.4, -0.2) is 10.8 Å². The second-order valence-corrected chi connectivity index (χ2v) is 7.43. The molecule has 2 nitrogen and oxygen atoms in total. The number of allylic oxidation sites excluding steroid dienone is 2. The van der Waals surface area contributed by atoms with Crippen LogP contribution in [0.5, 0.6) is 0 Å². The Hall–Kier alpha value is -0.790. The van der Waals surface area contributed by atoms with E-state index in [1.54, 1.807) is 0 Å². The lowest BCUT2D eigenvalue weighted by Gasteiger charge is -2.26. The molecule has 0 spiro atoms. The summed E-state index contributed by atoms with van der Waals surface area (Å²) in [5.41, 5.74) is 2.14. The smallest absolute Gasteiger partial charge is 0.115 e. The molecule has 0 unspecified atom stereocenters. The van der Waals surface area contributed by atoms with Gasteiger partial charge in [-0.25, -0.2) is 0 Å². The summed E-state index contributed by atoms with van der Waals surface area (Å²) in [6, 6.07) is 0. The van der Waals surface area contributed by atoms with Crippen LogP contribution in [0.2, 0.25) is 0 Å². The summed E-state index contributed by atoms with van der Waals surface area (Å²) in [6.07, 6.45) is 2.94. The highest BCUT2D eigenvalue weighted by atomic mass is 16.3. The maximum Gasteiger partial charge on any atom is 0.115 e. The zero-order valence-electron chi connectivity index (χ0n) is 13.1. The van der Waals surface area contributed by atoms with Crippen LogP contribution >= 0.6 is 0 Å². The summed E-state index contributed by atoms with van der Waals surface area (Å²) >= 11 is 0. The lowest BCUT2D eigenvalue weighted by atomic mass is 9.80. The Bertz CT molecular complexity index is 373. The summed E-state index contributed by atoms with van der Waals surface area (Å²) in [5, 5.41) is 10.4. The van der Waals surface area contributed by atoms with Gasteiger partial charge in [0.2, 0.25) is 0 Å². The standard InChI is InChI=1S/C16H29NO/c1-11(2)12(3)17-14-13(18)10-15(4,5)8-9-16(14,6)7/h11,18H,8-10H2,1-7H3/b17-12+. The van der Waals surface area contributed by atoms with Crippen LogP contribution in [0.25, 0.3) is 0 Å². The molecule has 1 N–H and O–H groups in total. The number of rotatable bonds is 2. The molecule has 0 aliphatic heterocycles. The van der Waals surface area contributed by atoms with E-state index in [0.29, 0.717) is 11.7 Å². The average molecular weight is 251 g/mol.